The summed E-state index contributed by atoms with van der Waals surface area (Å²) in [5.74, 6) is 2.55. The first-order valence-corrected chi connectivity index (χ1v) is 11.4. The van der Waals surface area contributed by atoms with Crippen LogP contribution in [0.3, 0.4) is 0 Å². The summed E-state index contributed by atoms with van der Waals surface area (Å²) in [6.45, 7) is 7.23. The summed E-state index contributed by atoms with van der Waals surface area (Å²) in [7, 11) is 1.86. The Hall–Kier alpha value is -2.34. The van der Waals surface area contributed by atoms with Gasteiger partial charge in [0.2, 0.25) is 0 Å². The molecule has 3 heterocycles. The maximum absolute atomic E-state index is 4.52. The van der Waals surface area contributed by atoms with Crippen molar-refractivity contribution in [2.75, 3.05) is 7.05 Å². The molecule has 0 radical (unpaired) electrons. The van der Waals surface area contributed by atoms with Crippen LogP contribution in [0.4, 0.5) is 0 Å². The Bertz CT molecular complexity index is 813. The van der Waals surface area contributed by atoms with Gasteiger partial charge in [-0.15, -0.1) is 0 Å². The van der Waals surface area contributed by atoms with Gasteiger partial charge in [-0.25, -0.2) is 4.98 Å². The van der Waals surface area contributed by atoms with Crippen LogP contribution in [0.5, 0.6) is 0 Å². The average molecular weight is 409 g/mol. The predicted octanol–water partition coefficient (Wildman–Crippen LogP) is 3.40. The van der Waals surface area contributed by atoms with E-state index in [1.807, 2.05) is 13.2 Å². The Balaban J connectivity index is 1.30. The van der Waals surface area contributed by atoms with E-state index in [9.17, 15) is 0 Å². The fourth-order valence-corrected chi connectivity index (χ4v) is 5.06. The molecule has 0 saturated carbocycles. The van der Waals surface area contributed by atoms with Crippen LogP contribution in [0.15, 0.2) is 47.7 Å². The topological polar surface area (TPSA) is 57.5 Å². The molecule has 2 unspecified atom stereocenters. The number of nitrogens with zero attached hydrogens (tertiary/aromatic N) is 4. The van der Waals surface area contributed by atoms with Crippen LogP contribution < -0.4 is 10.6 Å². The number of hydrogen-bond acceptors (Lipinski definition) is 3. The zero-order chi connectivity index (χ0) is 20.9. The number of imidazole rings is 1. The normalized spacial score (nSPS) is 24.4. The summed E-state index contributed by atoms with van der Waals surface area (Å²) in [6, 6.07) is 12.7. The van der Waals surface area contributed by atoms with E-state index in [2.05, 4.69) is 80.5 Å². The molecule has 1 aromatic heterocycles. The quantitative estimate of drug-likeness (QED) is 0.545. The highest BCUT2D eigenvalue weighted by molar-refractivity contribution is 5.79. The Morgan fingerprint density at radius 2 is 1.90 bits per heavy atom. The zero-order valence-electron chi connectivity index (χ0n) is 18.6. The molecule has 0 aliphatic carbocycles. The molecule has 2 aliphatic heterocycles. The van der Waals surface area contributed by atoms with Crippen molar-refractivity contribution in [3.63, 3.8) is 0 Å². The van der Waals surface area contributed by atoms with Crippen LogP contribution in [-0.2, 0) is 19.6 Å². The van der Waals surface area contributed by atoms with Crippen molar-refractivity contribution in [1.82, 2.24) is 25.1 Å². The fourth-order valence-electron chi connectivity index (χ4n) is 5.06. The van der Waals surface area contributed by atoms with Gasteiger partial charge >= 0.3 is 0 Å². The van der Waals surface area contributed by atoms with Crippen LogP contribution >= 0.6 is 0 Å². The Kier molecular flexibility index (Phi) is 6.72. The lowest BCUT2D eigenvalue weighted by molar-refractivity contribution is 0.114. The zero-order valence-corrected chi connectivity index (χ0v) is 18.6. The Morgan fingerprint density at radius 1 is 1.17 bits per heavy atom. The second kappa shape index (κ2) is 9.65. The minimum absolute atomic E-state index is 0.483. The van der Waals surface area contributed by atoms with E-state index in [1.54, 1.807) is 0 Å². The van der Waals surface area contributed by atoms with Crippen LogP contribution in [0.1, 0.15) is 50.9 Å². The lowest BCUT2D eigenvalue weighted by Crippen LogP contribution is -2.52. The Labute approximate surface area is 180 Å². The summed E-state index contributed by atoms with van der Waals surface area (Å²) >= 11 is 0. The number of nitrogens with one attached hydrogen (secondary N) is 2. The van der Waals surface area contributed by atoms with Crippen molar-refractivity contribution in [3.8, 4) is 0 Å². The smallest absolute Gasteiger partial charge is 0.191 e. The first kappa shape index (κ1) is 20.9. The van der Waals surface area contributed by atoms with Crippen molar-refractivity contribution in [1.29, 1.82) is 0 Å². The predicted molar refractivity (Wildman–Crippen MR) is 122 cm³/mol. The first-order chi connectivity index (χ1) is 14.6. The van der Waals surface area contributed by atoms with Crippen molar-refractivity contribution in [2.45, 2.75) is 77.3 Å². The molecule has 6 nitrogen and oxygen atoms in total. The molecule has 1 aromatic carbocycles. The van der Waals surface area contributed by atoms with Crippen LogP contribution in [0, 0.1) is 5.92 Å². The van der Waals surface area contributed by atoms with Crippen molar-refractivity contribution in [3.05, 3.63) is 54.1 Å². The van der Waals surface area contributed by atoms with E-state index < -0.39 is 0 Å². The number of aromatic nitrogens is 2. The maximum atomic E-state index is 4.52. The lowest BCUT2D eigenvalue weighted by atomic mass is 9.96. The summed E-state index contributed by atoms with van der Waals surface area (Å²) in [4.78, 5) is 11.7. The van der Waals surface area contributed by atoms with Gasteiger partial charge < -0.3 is 15.2 Å². The molecule has 6 heteroatoms. The largest absolute Gasteiger partial charge is 0.354 e. The van der Waals surface area contributed by atoms with Crippen molar-refractivity contribution >= 4 is 5.96 Å². The number of fused-ring (bicyclic) bond motifs is 2. The second-order valence-electron chi connectivity index (χ2n) is 9.17. The minimum atomic E-state index is 0.483. The van der Waals surface area contributed by atoms with E-state index in [0.29, 0.717) is 30.6 Å². The number of guanidine groups is 1. The standard InChI is InChI=1S/C24H36N6/c1-18(2)16-29-12-11-26-23(29)15-27-24(25-3)28-20-13-21-9-10-22(14-20)30(21)17-19-7-5-4-6-8-19/h4-8,11-12,18,20-22H,9-10,13-17H2,1-3H3,(H2,25,27,28). The molecule has 162 valence electrons. The van der Waals surface area contributed by atoms with Gasteiger partial charge in [-0.3, -0.25) is 9.89 Å². The SMILES string of the molecule is CN=C(NCc1nccn1CC(C)C)NC1CC2CCC(C1)N2Cc1ccccc1. The van der Waals surface area contributed by atoms with Crippen LogP contribution in [-0.4, -0.2) is 45.6 Å². The number of rotatable bonds is 7. The third-order valence-corrected chi connectivity index (χ3v) is 6.43. The number of benzene rings is 1. The monoisotopic (exact) mass is 408 g/mol. The highest BCUT2D eigenvalue weighted by Gasteiger charge is 2.40. The molecular weight excluding hydrogens is 372 g/mol. The van der Waals surface area contributed by atoms with Gasteiger partial charge in [0.05, 0.1) is 6.54 Å². The van der Waals surface area contributed by atoms with Gasteiger partial charge in [0, 0.05) is 50.7 Å². The van der Waals surface area contributed by atoms with E-state index in [0.717, 1.165) is 24.9 Å². The van der Waals surface area contributed by atoms with Crippen LogP contribution in [0.2, 0.25) is 0 Å². The molecule has 30 heavy (non-hydrogen) atoms. The summed E-state index contributed by atoms with van der Waals surface area (Å²) in [5.41, 5.74) is 1.43. The molecule has 2 atom stereocenters. The van der Waals surface area contributed by atoms with Gasteiger partial charge in [0.25, 0.3) is 0 Å². The molecule has 0 amide bonds. The molecule has 2 aromatic rings. The molecule has 2 fully saturated rings. The van der Waals surface area contributed by atoms with Gasteiger partial charge in [0.1, 0.15) is 5.82 Å². The third kappa shape index (κ3) is 5.04. The highest BCUT2D eigenvalue weighted by Crippen LogP contribution is 2.36. The molecule has 2 aliphatic rings. The van der Waals surface area contributed by atoms with Gasteiger partial charge in [0.15, 0.2) is 5.96 Å². The van der Waals surface area contributed by atoms with Crippen molar-refractivity contribution in [2.24, 2.45) is 10.9 Å². The third-order valence-electron chi connectivity index (χ3n) is 6.43. The van der Waals surface area contributed by atoms with E-state index >= 15 is 0 Å². The molecule has 2 saturated heterocycles. The van der Waals surface area contributed by atoms with Crippen molar-refractivity contribution < 1.29 is 0 Å². The van der Waals surface area contributed by atoms with E-state index in [1.165, 1.54) is 31.2 Å². The first-order valence-electron chi connectivity index (χ1n) is 11.4. The average Bonchev–Trinajstić information content (AvgIpc) is 3.26. The number of piperidine rings is 1. The van der Waals surface area contributed by atoms with E-state index in [4.69, 9.17) is 0 Å². The highest BCUT2D eigenvalue weighted by atomic mass is 15.3. The number of hydrogen-bond donors (Lipinski definition) is 2. The minimum Gasteiger partial charge on any atom is -0.354 e. The molecular formula is C24H36N6. The van der Waals surface area contributed by atoms with Gasteiger partial charge in [-0.2, -0.15) is 0 Å². The lowest BCUT2D eigenvalue weighted by Gasteiger charge is -2.39. The molecule has 4 rings (SSSR count). The van der Waals surface area contributed by atoms with Gasteiger partial charge in [-0.1, -0.05) is 44.2 Å². The fraction of sp³-hybridized carbons (Fsp3) is 0.583. The number of aliphatic imine (C=N–C) groups is 1. The molecule has 2 N–H and O–H groups in total. The van der Waals surface area contributed by atoms with Crippen LogP contribution in [0.25, 0.3) is 0 Å². The molecule has 2 bridgehead atoms. The maximum Gasteiger partial charge on any atom is 0.191 e. The molecule has 0 spiro atoms. The summed E-state index contributed by atoms with van der Waals surface area (Å²) in [5, 5.41) is 7.16. The van der Waals surface area contributed by atoms with E-state index in [-0.39, 0.29) is 0 Å². The second-order valence-corrected chi connectivity index (χ2v) is 9.17. The van der Waals surface area contributed by atoms with Gasteiger partial charge in [-0.05, 0) is 37.2 Å². The summed E-state index contributed by atoms with van der Waals surface area (Å²) < 4.78 is 2.23. The Morgan fingerprint density at radius 3 is 2.57 bits per heavy atom. The summed E-state index contributed by atoms with van der Waals surface area (Å²) in [6.07, 6.45) is 8.95.